The molecule has 1 aromatic carbocycles. The van der Waals surface area contributed by atoms with Gasteiger partial charge in [-0.15, -0.1) is 0 Å². The summed E-state index contributed by atoms with van der Waals surface area (Å²) in [6.07, 6.45) is 3.99. The van der Waals surface area contributed by atoms with E-state index in [2.05, 4.69) is 36.9 Å². The molecule has 88 valence electrons. The Kier molecular flexibility index (Phi) is 3.75. The summed E-state index contributed by atoms with van der Waals surface area (Å²) >= 11 is 6.32. The minimum absolute atomic E-state index is 0.503. The van der Waals surface area contributed by atoms with E-state index in [-0.39, 0.29) is 0 Å². The van der Waals surface area contributed by atoms with Gasteiger partial charge in [-0.2, -0.15) is 0 Å². The van der Waals surface area contributed by atoms with E-state index >= 15 is 0 Å². The van der Waals surface area contributed by atoms with Crippen LogP contribution in [0.3, 0.4) is 0 Å². The largest absolute Gasteiger partial charge is 0.371 e. The van der Waals surface area contributed by atoms with Crippen molar-refractivity contribution in [3.63, 3.8) is 0 Å². The molecule has 1 fully saturated rings. The van der Waals surface area contributed by atoms with E-state index in [1.807, 2.05) is 0 Å². The molecule has 1 saturated heterocycles. The van der Waals surface area contributed by atoms with Crippen LogP contribution >= 0.6 is 11.6 Å². The van der Waals surface area contributed by atoms with Crippen LogP contribution in [0.2, 0.25) is 5.02 Å². The highest BCUT2D eigenvalue weighted by Gasteiger charge is 2.13. The van der Waals surface area contributed by atoms with Gasteiger partial charge in [0, 0.05) is 23.8 Å². The van der Waals surface area contributed by atoms with Crippen LogP contribution in [0.5, 0.6) is 0 Å². The molecule has 16 heavy (non-hydrogen) atoms. The fraction of sp³-hybridized carbons (Fsp3) is 0.571. The molecular formula is C14H20ClN. The quantitative estimate of drug-likeness (QED) is 0.735. The standard InChI is InChI=1S/C14H20ClN/c1-11(2)13-7-6-12(10-14(13)15)16-8-4-3-5-9-16/h6-7,10-11H,3-5,8-9H2,1-2H3. The van der Waals surface area contributed by atoms with Crippen LogP contribution in [-0.2, 0) is 0 Å². The van der Waals surface area contributed by atoms with Crippen molar-refractivity contribution in [2.75, 3.05) is 18.0 Å². The van der Waals surface area contributed by atoms with Gasteiger partial charge in [-0.25, -0.2) is 0 Å². The third-order valence-corrected chi connectivity index (χ3v) is 3.65. The first-order valence-electron chi connectivity index (χ1n) is 6.23. The Morgan fingerprint density at radius 2 is 1.81 bits per heavy atom. The molecule has 1 aromatic rings. The van der Waals surface area contributed by atoms with Gasteiger partial charge in [0.05, 0.1) is 0 Å². The number of anilines is 1. The molecule has 0 saturated carbocycles. The van der Waals surface area contributed by atoms with E-state index in [1.165, 1.54) is 43.6 Å². The summed E-state index contributed by atoms with van der Waals surface area (Å²) in [5.74, 6) is 0.503. The van der Waals surface area contributed by atoms with Crippen molar-refractivity contribution in [1.82, 2.24) is 0 Å². The Morgan fingerprint density at radius 1 is 1.12 bits per heavy atom. The van der Waals surface area contributed by atoms with Crippen LogP contribution in [0.25, 0.3) is 0 Å². The van der Waals surface area contributed by atoms with Gasteiger partial charge in [0.2, 0.25) is 0 Å². The van der Waals surface area contributed by atoms with Crippen LogP contribution < -0.4 is 4.90 Å². The summed E-state index contributed by atoms with van der Waals surface area (Å²) in [4.78, 5) is 2.44. The second-order valence-corrected chi connectivity index (χ2v) is 5.32. The van der Waals surface area contributed by atoms with E-state index in [0.717, 1.165) is 5.02 Å². The van der Waals surface area contributed by atoms with Crippen molar-refractivity contribution in [3.8, 4) is 0 Å². The molecule has 1 aliphatic heterocycles. The van der Waals surface area contributed by atoms with Gasteiger partial charge in [0.15, 0.2) is 0 Å². The summed E-state index contributed by atoms with van der Waals surface area (Å²) in [5, 5.41) is 0.915. The van der Waals surface area contributed by atoms with Crippen LogP contribution in [0.15, 0.2) is 18.2 Å². The fourth-order valence-corrected chi connectivity index (χ4v) is 2.73. The third-order valence-electron chi connectivity index (χ3n) is 3.33. The van der Waals surface area contributed by atoms with Crippen molar-refractivity contribution in [2.45, 2.75) is 39.0 Å². The van der Waals surface area contributed by atoms with Crippen molar-refractivity contribution in [1.29, 1.82) is 0 Å². The average Bonchev–Trinajstić information content (AvgIpc) is 2.29. The van der Waals surface area contributed by atoms with E-state index in [9.17, 15) is 0 Å². The minimum atomic E-state index is 0.503. The maximum atomic E-state index is 6.32. The SMILES string of the molecule is CC(C)c1ccc(N2CCCCC2)cc1Cl. The van der Waals surface area contributed by atoms with E-state index in [4.69, 9.17) is 11.6 Å². The first-order valence-corrected chi connectivity index (χ1v) is 6.60. The zero-order valence-electron chi connectivity index (χ0n) is 10.2. The molecule has 1 nitrogen and oxygen atoms in total. The van der Waals surface area contributed by atoms with Gasteiger partial charge >= 0.3 is 0 Å². The highest BCUT2D eigenvalue weighted by Crippen LogP contribution is 2.29. The average molecular weight is 238 g/mol. The zero-order chi connectivity index (χ0) is 11.5. The summed E-state index contributed by atoms with van der Waals surface area (Å²) in [5.41, 5.74) is 2.54. The topological polar surface area (TPSA) is 3.24 Å². The number of piperidine rings is 1. The Morgan fingerprint density at radius 3 is 2.38 bits per heavy atom. The Hall–Kier alpha value is -0.690. The highest BCUT2D eigenvalue weighted by atomic mass is 35.5. The zero-order valence-corrected chi connectivity index (χ0v) is 10.9. The number of benzene rings is 1. The number of hydrogen-bond acceptors (Lipinski definition) is 1. The van der Waals surface area contributed by atoms with Crippen LogP contribution in [0, 0.1) is 0 Å². The van der Waals surface area contributed by atoms with Crippen LogP contribution in [-0.4, -0.2) is 13.1 Å². The molecule has 0 atom stereocenters. The predicted molar refractivity (Wildman–Crippen MR) is 71.6 cm³/mol. The van der Waals surface area contributed by atoms with Gasteiger partial charge in [-0.05, 0) is 42.9 Å². The molecule has 0 spiro atoms. The molecule has 0 N–H and O–H groups in total. The number of nitrogens with zero attached hydrogens (tertiary/aromatic N) is 1. The number of halogens is 1. The molecule has 0 amide bonds. The van der Waals surface area contributed by atoms with Gasteiger partial charge in [-0.1, -0.05) is 31.5 Å². The first kappa shape index (κ1) is 11.8. The lowest BCUT2D eigenvalue weighted by Crippen LogP contribution is -2.29. The Bertz CT molecular complexity index is 354. The lowest BCUT2D eigenvalue weighted by molar-refractivity contribution is 0.578. The molecule has 0 radical (unpaired) electrons. The number of hydrogen-bond donors (Lipinski definition) is 0. The first-order chi connectivity index (χ1) is 7.68. The molecular weight excluding hydrogens is 218 g/mol. The molecule has 0 aliphatic carbocycles. The predicted octanol–water partition coefficient (Wildman–Crippen LogP) is 4.45. The van der Waals surface area contributed by atoms with Crippen molar-refractivity contribution in [2.24, 2.45) is 0 Å². The lowest BCUT2D eigenvalue weighted by atomic mass is 10.0. The smallest absolute Gasteiger partial charge is 0.0461 e. The molecule has 0 bridgehead atoms. The second-order valence-electron chi connectivity index (χ2n) is 4.91. The van der Waals surface area contributed by atoms with Gasteiger partial charge in [0.25, 0.3) is 0 Å². The van der Waals surface area contributed by atoms with Gasteiger partial charge in [-0.3, -0.25) is 0 Å². The fourth-order valence-electron chi connectivity index (χ4n) is 2.33. The monoisotopic (exact) mass is 237 g/mol. The minimum Gasteiger partial charge on any atom is -0.371 e. The molecule has 1 aliphatic rings. The summed E-state index contributed by atoms with van der Waals surface area (Å²) < 4.78 is 0. The second kappa shape index (κ2) is 5.09. The van der Waals surface area contributed by atoms with Crippen LogP contribution in [0.4, 0.5) is 5.69 Å². The third kappa shape index (κ3) is 2.52. The molecule has 0 aromatic heterocycles. The van der Waals surface area contributed by atoms with E-state index < -0.39 is 0 Å². The molecule has 2 rings (SSSR count). The summed E-state index contributed by atoms with van der Waals surface area (Å²) in [6, 6.07) is 6.52. The summed E-state index contributed by atoms with van der Waals surface area (Å²) in [7, 11) is 0. The molecule has 0 unspecified atom stereocenters. The Labute approximate surface area is 103 Å². The van der Waals surface area contributed by atoms with Crippen molar-refractivity contribution in [3.05, 3.63) is 28.8 Å². The Balaban J connectivity index is 2.19. The van der Waals surface area contributed by atoms with Crippen LogP contribution in [0.1, 0.15) is 44.6 Å². The van der Waals surface area contributed by atoms with E-state index in [1.54, 1.807) is 0 Å². The maximum absolute atomic E-state index is 6.32. The van der Waals surface area contributed by atoms with Gasteiger partial charge in [0.1, 0.15) is 0 Å². The van der Waals surface area contributed by atoms with E-state index in [0.29, 0.717) is 5.92 Å². The number of rotatable bonds is 2. The highest BCUT2D eigenvalue weighted by molar-refractivity contribution is 6.31. The van der Waals surface area contributed by atoms with Gasteiger partial charge < -0.3 is 4.90 Å². The molecule has 1 heterocycles. The normalized spacial score (nSPS) is 16.9. The van der Waals surface area contributed by atoms with Crippen molar-refractivity contribution < 1.29 is 0 Å². The maximum Gasteiger partial charge on any atom is 0.0461 e. The molecule has 2 heteroatoms. The lowest BCUT2D eigenvalue weighted by Gasteiger charge is -2.29. The summed E-state index contributed by atoms with van der Waals surface area (Å²) in [6.45, 7) is 6.72. The van der Waals surface area contributed by atoms with Crippen molar-refractivity contribution >= 4 is 17.3 Å².